The smallest absolute Gasteiger partial charge is 0.416 e. The monoisotopic (exact) mass is 640 g/mol. The molecule has 1 heterocycles. The van der Waals surface area contributed by atoms with Gasteiger partial charge in [-0.1, -0.05) is 39.0 Å². The number of aromatic nitrogens is 1. The van der Waals surface area contributed by atoms with Crippen LogP contribution >= 0.6 is 19.4 Å². The van der Waals surface area contributed by atoms with Crippen molar-refractivity contribution in [2.75, 3.05) is 14.2 Å². The Morgan fingerprint density at radius 3 is 2.33 bits per heavy atom. The lowest BCUT2D eigenvalue weighted by atomic mass is 10.00. The predicted octanol–water partition coefficient (Wildman–Crippen LogP) is 8.05. The van der Waals surface area contributed by atoms with Gasteiger partial charge >= 0.3 is 13.8 Å². The van der Waals surface area contributed by atoms with Gasteiger partial charge in [-0.3, -0.25) is 19.2 Å². The number of alkyl halides is 3. The number of halogens is 3. The fraction of sp³-hybridized carbons (Fsp3) is 0.333. The molecular weight excluding hydrogens is 604 g/mol. The quantitative estimate of drug-likeness (QED) is 0.0828. The molecule has 0 amide bonds. The van der Waals surface area contributed by atoms with Crippen LogP contribution in [-0.2, 0) is 17.3 Å². The van der Waals surface area contributed by atoms with Crippen LogP contribution in [0.15, 0.2) is 65.0 Å². The van der Waals surface area contributed by atoms with Crippen LogP contribution < -0.4 is 4.74 Å². The highest BCUT2D eigenvalue weighted by Crippen LogP contribution is 2.51. The summed E-state index contributed by atoms with van der Waals surface area (Å²) in [7, 11) is -1.47. The maximum absolute atomic E-state index is 13.1. The van der Waals surface area contributed by atoms with Crippen LogP contribution in [0, 0.1) is 0 Å². The minimum atomic E-state index is -4.55. The van der Waals surface area contributed by atoms with Crippen molar-refractivity contribution in [1.29, 1.82) is 0 Å². The third kappa shape index (κ3) is 8.93. The van der Waals surface area contributed by atoms with E-state index >= 15 is 0 Å². The minimum Gasteiger partial charge on any atom is -0.505 e. The Morgan fingerprint density at radius 1 is 1.19 bits per heavy atom. The molecule has 1 unspecified atom stereocenters. The van der Waals surface area contributed by atoms with E-state index in [-0.39, 0.29) is 40.0 Å². The highest BCUT2D eigenvalue weighted by Gasteiger charge is 2.32. The third-order valence-corrected chi connectivity index (χ3v) is 8.64. The second-order valence-corrected chi connectivity index (χ2v) is 12.1. The lowest BCUT2D eigenvalue weighted by Gasteiger charge is -2.31. The van der Waals surface area contributed by atoms with E-state index in [0.717, 1.165) is 23.9 Å². The Labute approximate surface area is 253 Å². The number of fused-ring (bicyclic) bond motifs is 1. The lowest BCUT2D eigenvalue weighted by Crippen LogP contribution is -2.24. The van der Waals surface area contributed by atoms with Gasteiger partial charge in [-0.2, -0.15) is 13.2 Å². The number of nitrogens with zero attached hydrogens (tertiary/aromatic N) is 2. The summed E-state index contributed by atoms with van der Waals surface area (Å²) in [4.78, 5) is 38.1. The fourth-order valence-electron chi connectivity index (χ4n) is 4.18. The second-order valence-electron chi connectivity index (χ2n) is 9.15. The number of benzene rings is 2. The van der Waals surface area contributed by atoms with Gasteiger partial charge < -0.3 is 19.6 Å². The summed E-state index contributed by atoms with van der Waals surface area (Å²) in [5.41, 5.74) is 0.0525. The summed E-state index contributed by atoms with van der Waals surface area (Å²) in [5.74, 6) is -0.126. The summed E-state index contributed by atoms with van der Waals surface area (Å²) in [5, 5.41) is 10.5. The highest BCUT2D eigenvalue weighted by atomic mass is 32.2. The van der Waals surface area contributed by atoms with Gasteiger partial charge in [-0.15, -0.1) is 11.8 Å². The van der Waals surface area contributed by atoms with Crippen molar-refractivity contribution >= 4 is 36.5 Å². The van der Waals surface area contributed by atoms with E-state index in [1.165, 1.54) is 38.4 Å². The van der Waals surface area contributed by atoms with E-state index in [0.29, 0.717) is 28.6 Å². The molecule has 8 nitrogen and oxygen atoms in total. The molecule has 0 aliphatic rings. The first-order valence-electron chi connectivity index (χ1n) is 13.3. The molecule has 2 aromatic carbocycles. The number of methoxy groups -OCH3 is 1. The van der Waals surface area contributed by atoms with Crippen LogP contribution in [0.5, 0.6) is 11.5 Å². The standard InChI is InChI=1S/C28H30F3N2O6PS.C2H6/c1-5-7-20(14-17(2)40(36,37)38)41-27(33(3)15-18-9-11-19(12-10-18)28(29,30)31)23-22(16-34)25(35)24-21(26(23)39-4)8-6-13-32-24;1-2/h6-14,16,27,35H,5,15H2,1-4H3,(H2,36,37,38);1-2H3/b17-14+,20-7+;. The van der Waals surface area contributed by atoms with E-state index in [9.17, 15) is 37.4 Å². The van der Waals surface area contributed by atoms with Gasteiger partial charge in [0, 0.05) is 33.9 Å². The van der Waals surface area contributed by atoms with Gasteiger partial charge in [-0.05, 0) is 56.3 Å². The van der Waals surface area contributed by atoms with Crippen LogP contribution in [0.1, 0.15) is 66.5 Å². The maximum atomic E-state index is 13.1. The van der Waals surface area contributed by atoms with Crippen molar-refractivity contribution in [3.63, 3.8) is 0 Å². The Balaban J connectivity index is 0.00000316. The Morgan fingerprint density at radius 2 is 1.81 bits per heavy atom. The molecule has 3 aromatic rings. The normalized spacial score (nSPS) is 13.5. The number of ether oxygens (including phenoxy) is 1. The number of aromatic hydroxyl groups is 1. The van der Waals surface area contributed by atoms with Crippen molar-refractivity contribution in [2.24, 2.45) is 0 Å². The van der Waals surface area contributed by atoms with Crippen molar-refractivity contribution in [1.82, 2.24) is 9.88 Å². The summed E-state index contributed by atoms with van der Waals surface area (Å²) in [6, 6.07) is 7.95. The molecule has 0 aliphatic heterocycles. The average molecular weight is 641 g/mol. The van der Waals surface area contributed by atoms with E-state index in [2.05, 4.69) is 4.98 Å². The first kappa shape index (κ1) is 36.0. The first-order chi connectivity index (χ1) is 20.2. The van der Waals surface area contributed by atoms with Gasteiger partial charge in [0.2, 0.25) is 0 Å². The summed E-state index contributed by atoms with van der Waals surface area (Å²) in [6.45, 7) is 7.26. The number of aldehydes is 1. The Bertz CT molecular complexity index is 1520. The van der Waals surface area contributed by atoms with Crippen molar-refractivity contribution < 1.29 is 42.2 Å². The number of phenols is 1. The Kier molecular flexibility index (Phi) is 13.0. The molecule has 0 fully saturated rings. The molecule has 13 heteroatoms. The number of hydrogen-bond acceptors (Lipinski definition) is 7. The molecule has 3 N–H and O–H groups in total. The van der Waals surface area contributed by atoms with Crippen LogP contribution in [0.25, 0.3) is 10.9 Å². The molecule has 0 saturated heterocycles. The first-order valence-corrected chi connectivity index (χ1v) is 15.8. The number of allylic oxidation sites excluding steroid dienone is 3. The molecular formula is C30H36F3N2O6PS. The molecule has 1 aromatic heterocycles. The van der Waals surface area contributed by atoms with Gasteiger partial charge in [0.1, 0.15) is 11.3 Å². The van der Waals surface area contributed by atoms with E-state index in [1.807, 2.05) is 20.8 Å². The highest BCUT2D eigenvalue weighted by molar-refractivity contribution is 8.03. The molecule has 1 atom stereocenters. The van der Waals surface area contributed by atoms with Crippen LogP contribution in [-0.4, -0.2) is 45.2 Å². The zero-order chi connectivity index (χ0) is 32.5. The average Bonchev–Trinajstić information content (AvgIpc) is 2.96. The number of hydrogen-bond donors (Lipinski definition) is 3. The fourth-order valence-corrected chi connectivity index (χ4v) is 5.95. The zero-order valence-electron chi connectivity index (χ0n) is 24.7. The molecule has 43 heavy (non-hydrogen) atoms. The van der Waals surface area contributed by atoms with Crippen molar-refractivity contribution in [3.05, 3.63) is 87.2 Å². The largest absolute Gasteiger partial charge is 0.505 e. The zero-order valence-corrected chi connectivity index (χ0v) is 26.4. The predicted molar refractivity (Wildman–Crippen MR) is 164 cm³/mol. The second kappa shape index (κ2) is 15.5. The number of carbonyl (C=O) groups excluding carboxylic acids is 1. The number of rotatable bonds is 11. The molecule has 234 valence electrons. The number of phenolic OH excluding ortho intramolecular Hbond substituents is 1. The molecule has 0 spiro atoms. The van der Waals surface area contributed by atoms with Crippen LogP contribution in [0.4, 0.5) is 13.2 Å². The van der Waals surface area contributed by atoms with Crippen LogP contribution in [0.2, 0.25) is 0 Å². The SMILES string of the molecule is CC.CC/C=C(\C=C(/C)P(=O)(O)O)SC(c1c(C=O)c(O)c2ncccc2c1OC)N(C)Cc1ccc(C(F)(F)F)cc1. The molecule has 3 rings (SSSR count). The van der Waals surface area contributed by atoms with Crippen molar-refractivity contribution in [2.45, 2.75) is 52.2 Å². The van der Waals surface area contributed by atoms with Gasteiger partial charge in [0.25, 0.3) is 0 Å². The Hall–Kier alpha value is -3.15. The topological polar surface area (TPSA) is 120 Å². The molecule has 0 radical (unpaired) electrons. The summed E-state index contributed by atoms with van der Waals surface area (Å²) >= 11 is 1.14. The van der Waals surface area contributed by atoms with Crippen molar-refractivity contribution in [3.8, 4) is 11.5 Å². The molecule has 0 aliphatic carbocycles. The number of thioether (sulfide) groups is 1. The minimum absolute atomic E-state index is 0.101. The lowest BCUT2D eigenvalue weighted by molar-refractivity contribution is -0.137. The van der Waals surface area contributed by atoms with E-state index in [1.54, 1.807) is 30.2 Å². The maximum Gasteiger partial charge on any atom is 0.416 e. The van der Waals surface area contributed by atoms with Gasteiger partial charge in [-0.25, -0.2) is 0 Å². The van der Waals surface area contributed by atoms with Gasteiger partial charge in [0.15, 0.2) is 12.0 Å². The van der Waals surface area contributed by atoms with Crippen LogP contribution in [0.3, 0.4) is 0 Å². The number of carbonyl (C=O) groups is 1. The third-order valence-electron chi connectivity index (χ3n) is 6.21. The summed E-state index contributed by atoms with van der Waals surface area (Å²) < 4.78 is 57.0. The van der Waals surface area contributed by atoms with E-state index < -0.39 is 24.7 Å². The van der Waals surface area contributed by atoms with E-state index in [4.69, 9.17) is 4.74 Å². The van der Waals surface area contributed by atoms with Gasteiger partial charge in [0.05, 0.1) is 23.6 Å². The molecule has 0 bridgehead atoms. The number of pyridine rings is 1. The summed E-state index contributed by atoms with van der Waals surface area (Å²) in [6.07, 6.45) is 1.04. The molecule has 0 saturated carbocycles.